The van der Waals surface area contributed by atoms with Gasteiger partial charge in [-0.2, -0.15) is 0 Å². The zero-order valence-electron chi connectivity index (χ0n) is 22.9. The summed E-state index contributed by atoms with van der Waals surface area (Å²) in [5.74, 6) is -0.0769. The highest BCUT2D eigenvalue weighted by molar-refractivity contribution is 6.16. The third kappa shape index (κ3) is 3.25. The standard InChI is InChI=1S/C33H35N3O2/c1-22-10-14-24(15-11-22)18-26-19-34(3)21-32(30(26)37)28(25-16-12-23(2)13-17-25)20-35(4)33(32)27-8-6-7-9-29(27)36(5)31(33)38/h6-18,28H,19-21H2,1-5H3/b26-18+/t28-,32+,33+/m1/s1. The minimum absolute atomic E-state index is 0.0193. The summed E-state index contributed by atoms with van der Waals surface area (Å²) in [5.41, 5.74) is 4.98. The number of nitrogens with zero attached hydrogens (tertiary/aromatic N) is 3. The van der Waals surface area contributed by atoms with E-state index < -0.39 is 11.0 Å². The molecule has 5 nitrogen and oxygen atoms in total. The molecule has 3 heterocycles. The molecule has 0 radical (unpaired) electrons. The second-order valence-electron chi connectivity index (χ2n) is 11.5. The molecule has 2 saturated heterocycles. The summed E-state index contributed by atoms with van der Waals surface area (Å²) < 4.78 is 0. The summed E-state index contributed by atoms with van der Waals surface area (Å²) in [7, 11) is 5.94. The monoisotopic (exact) mass is 505 g/mol. The van der Waals surface area contributed by atoms with Gasteiger partial charge in [-0.25, -0.2) is 0 Å². The number of hydrogen-bond donors (Lipinski definition) is 0. The van der Waals surface area contributed by atoms with Crippen LogP contribution in [0.2, 0.25) is 0 Å². The molecule has 0 aromatic heterocycles. The van der Waals surface area contributed by atoms with Gasteiger partial charge in [-0.1, -0.05) is 77.9 Å². The van der Waals surface area contributed by atoms with E-state index in [1.165, 1.54) is 11.1 Å². The molecule has 0 N–H and O–H groups in total. The summed E-state index contributed by atoms with van der Waals surface area (Å²) in [4.78, 5) is 35.8. The molecule has 3 aromatic rings. The summed E-state index contributed by atoms with van der Waals surface area (Å²) in [5, 5.41) is 0. The smallest absolute Gasteiger partial charge is 0.253 e. The van der Waals surface area contributed by atoms with Crippen molar-refractivity contribution in [2.75, 3.05) is 45.7 Å². The lowest BCUT2D eigenvalue weighted by Gasteiger charge is -2.51. The third-order valence-corrected chi connectivity index (χ3v) is 9.09. The van der Waals surface area contributed by atoms with Crippen molar-refractivity contribution >= 4 is 23.5 Å². The number of ketones is 1. The number of hydrogen-bond acceptors (Lipinski definition) is 4. The second kappa shape index (κ2) is 8.75. The van der Waals surface area contributed by atoms with Crippen LogP contribution in [0.15, 0.2) is 78.4 Å². The van der Waals surface area contributed by atoms with E-state index in [-0.39, 0.29) is 17.6 Å². The number of para-hydroxylation sites is 1. The van der Waals surface area contributed by atoms with Crippen LogP contribution < -0.4 is 4.90 Å². The van der Waals surface area contributed by atoms with Crippen LogP contribution in [0.25, 0.3) is 6.08 Å². The number of anilines is 1. The average molecular weight is 506 g/mol. The molecule has 3 atom stereocenters. The molecule has 3 aromatic carbocycles. The van der Waals surface area contributed by atoms with Gasteiger partial charge in [0.05, 0.1) is 5.41 Å². The fourth-order valence-electron chi connectivity index (χ4n) is 7.41. The van der Waals surface area contributed by atoms with Gasteiger partial charge in [0.15, 0.2) is 5.78 Å². The van der Waals surface area contributed by atoms with Crippen molar-refractivity contribution in [3.05, 3.63) is 106 Å². The van der Waals surface area contributed by atoms with Crippen LogP contribution in [0.4, 0.5) is 5.69 Å². The van der Waals surface area contributed by atoms with Crippen molar-refractivity contribution in [2.45, 2.75) is 25.3 Å². The molecule has 5 heteroatoms. The first kappa shape index (κ1) is 24.8. The van der Waals surface area contributed by atoms with Gasteiger partial charge in [0.1, 0.15) is 5.54 Å². The predicted molar refractivity (Wildman–Crippen MR) is 152 cm³/mol. The molecule has 194 valence electrons. The Bertz CT molecular complexity index is 1460. The summed E-state index contributed by atoms with van der Waals surface area (Å²) in [6.45, 7) is 5.83. The highest BCUT2D eigenvalue weighted by atomic mass is 16.2. The van der Waals surface area contributed by atoms with E-state index in [2.05, 4.69) is 85.3 Å². The van der Waals surface area contributed by atoms with Crippen LogP contribution in [-0.4, -0.2) is 62.3 Å². The fourth-order valence-corrected chi connectivity index (χ4v) is 7.41. The van der Waals surface area contributed by atoms with Crippen LogP contribution in [-0.2, 0) is 15.1 Å². The van der Waals surface area contributed by atoms with E-state index in [0.717, 1.165) is 28.0 Å². The number of benzene rings is 3. The Balaban J connectivity index is 1.63. The van der Waals surface area contributed by atoms with Crippen molar-refractivity contribution in [2.24, 2.45) is 5.41 Å². The van der Waals surface area contributed by atoms with Crippen molar-refractivity contribution < 1.29 is 9.59 Å². The van der Waals surface area contributed by atoms with Crippen molar-refractivity contribution in [3.8, 4) is 0 Å². The maximum atomic E-state index is 15.1. The first-order valence-electron chi connectivity index (χ1n) is 13.4. The van der Waals surface area contributed by atoms with Gasteiger partial charge >= 0.3 is 0 Å². The first-order valence-corrected chi connectivity index (χ1v) is 13.4. The van der Waals surface area contributed by atoms with E-state index in [1.54, 1.807) is 4.90 Å². The Morgan fingerprint density at radius 1 is 0.842 bits per heavy atom. The number of likely N-dealkylation sites (N-methyl/N-ethyl adjacent to an activating group) is 3. The van der Waals surface area contributed by atoms with Gasteiger partial charge in [0, 0.05) is 49.4 Å². The Morgan fingerprint density at radius 3 is 2.16 bits per heavy atom. The van der Waals surface area contributed by atoms with E-state index >= 15 is 4.79 Å². The molecule has 3 aliphatic rings. The van der Waals surface area contributed by atoms with E-state index in [9.17, 15) is 4.79 Å². The molecule has 0 saturated carbocycles. The molecule has 2 spiro atoms. The molecule has 38 heavy (non-hydrogen) atoms. The lowest BCUT2D eigenvalue weighted by atomic mass is 9.56. The maximum Gasteiger partial charge on any atom is 0.253 e. The number of likely N-dealkylation sites (tertiary alicyclic amines) is 2. The van der Waals surface area contributed by atoms with Crippen LogP contribution in [0.1, 0.15) is 33.7 Å². The van der Waals surface area contributed by atoms with Crippen molar-refractivity contribution in [1.82, 2.24) is 9.80 Å². The number of amides is 1. The van der Waals surface area contributed by atoms with Crippen molar-refractivity contribution in [3.63, 3.8) is 0 Å². The fraction of sp³-hybridized carbons (Fsp3) is 0.333. The number of rotatable bonds is 2. The Hall–Kier alpha value is -3.54. The molecular formula is C33H35N3O2. The van der Waals surface area contributed by atoms with Gasteiger partial charge in [-0.05, 0) is 51.2 Å². The molecule has 0 aliphatic carbocycles. The minimum atomic E-state index is -1.09. The number of aryl methyl sites for hydroxylation is 2. The third-order valence-electron chi connectivity index (χ3n) is 9.09. The summed E-state index contributed by atoms with van der Waals surface area (Å²) >= 11 is 0. The zero-order valence-corrected chi connectivity index (χ0v) is 22.9. The van der Waals surface area contributed by atoms with Crippen LogP contribution in [0.5, 0.6) is 0 Å². The van der Waals surface area contributed by atoms with Crippen molar-refractivity contribution in [1.29, 1.82) is 0 Å². The first-order chi connectivity index (χ1) is 18.2. The summed E-state index contributed by atoms with van der Waals surface area (Å²) in [6.07, 6.45) is 2.03. The van der Waals surface area contributed by atoms with Gasteiger partial charge < -0.3 is 9.80 Å². The Labute approximate surface area is 225 Å². The Kier molecular flexibility index (Phi) is 5.71. The Morgan fingerprint density at radius 2 is 1.47 bits per heavy atom. The minimum Gasteiger partial charge on any atom is -0.313 e. The molecule has 0 bridgehead atoms. The lowest BCUT2D eigenvalue weighted by Crippen LogP contribution is -2.65. The number of Topliss-reactive ketones (excluding diaryl/α,β-unsaturated/α-hetero) is 1. The largest absolute Gasteiger partial charge is 0.313 e. The van der Waals surface area contributed by atoms with Crippen LogP contribution in [0, 0.1) is 19.3 Å². The zero-order chi connectivity index (χ0) is 26.8. The number of carbonyl (C=O) groups is 2. The maximum absolute atomic E-state index is 15.1. The highest BCUT2D eigenvalue weighted by Crippen LogP contribution is 2.65. The normalized spacial score (nSPS) is 28.7. The summed E-state index contributed by atoms with van der Waals surface area (Å²) in [6, 6.07) is 24.8. The van der Waals surface area contributed by atoms with Crippen LogP contribution >= 0.6 is 0 Å². The van der Waals surface area contributed by atoms with Gasteiger partial charge in [0.2, 0.25) is 0 Å². The molecule has 3 aliphatic heterocycles. The number of fused-ring (bicyclic) bond motifs is 3. The highest BCUT2D eigenvalue weighted by Gasteiger charge is 2.75. The van der Waals surface area contributed by atoms with Crippen LogP contribution in [0.3, 0.4) is 0 Å². The second-order valence-corrected chi connectivity index (χ2v) is 11.5. The van der Waals surface area contributed by atoms with E-state index in [0.29, 0.717) is 19.6 Å². The average Bonchev–Trinajstić information content (AvgIpc) is 3.29. The molecule has 1 amide bonds. The topological polar surface area (TPSA) is 43.9 Å². The van der Waals surface area contributed by atoms with Gasteiger partial charge in [0.25, 0.3) is 5.91 Å². The number of piperidine rings is 1. The van der Waals surface area contributed by atoms with E-state index in [4.69, 9.17) is 0 Å². The molecule has 6 rings (SSSR count). The van der Waals surface area contributed by atoms with Gasteiger partial charge in [-0.15, -0.1) is 0 Å². The number of carbonyl (C=O) groups excluding carboxylic acids is 2. The quantitative estimate of drug-likeness (QED) is 0.470. The van der Waals surface area contributed by atoms with Gasteiger partial charge in [-0.3, -0.25) is 14.5 Å². The lowest BCUT2D eigenvalue weighted by molar-refractivity contribution is -0.147. The predicted octanol–water partition coefficient (Wildman–Crippen LogP) is 4.79. The van der Waals surface area contributed by atoms with E-state index in [1.807, 2.05) is 38.4 Å². The SMILES string of the molecule is Cc1ccc(/C=C2\CN(C)C[C@@]3(C2=O)[C@@H](c2ccc(C)cc2)CN(C)[C@@]32C(=O)N(C)c3ccccc32)cc1. The molecule has 0 unspecified atom stereocenters. The molecular weight excluding hydrogens is 470 g/mol. The molecule has 2 fully saturated rings.